The van der Waals surface area contributed by atoms with Crippen LogP contribution in [-0.2, 0) is 17.9 Å². The summed E-state index contributed by atoms with van der Waals surface area (Å²) in [4.78, 5) is 2.23. The normalized spacial score (nSPS) is 13.6. The molecular weight excluding hydrogens is 530 g/mol. The van der Waals surface area contributed by atoms with Crippen molar-refractivity contribution in [3.8, 4) is 11.5 Å². The molecule has 0 aromatic heterocycles. The molecule has 0 aliphatic carbocycles. The van der Waals surface area contributed by atoms with Crippen molar-refractivity contribution in [2.45, 2.75) is 20.1 Å². The minimum Gasteiger partial charge on any atom is -0.490 e. The summed E-state index contributed by atoms with van der Waals surface area (Å²) in [5, 5.41) is 5.65. The first-order valence-corrected chi connectivity index (χ1v) is 12.8. The Hall–Kier alpha value is -2.02. The molecular formula is C26H26Cl4N2O3. The first-order valence-electron chi connectivity index (χ1n) is 11.3. The lowest BCUT2D eigenvalue weighted by atomic mass is 10.1. The molecule has 0 spiro atoms. The molecule has 3 aromatic rings. The third kappa shape index (κ3) is 6.81. The molecule has 1 aliphatic heterocycles. The zero-order chi connectivity index (χ0) is 24.8. The van der Waals surface area contributed by atoms with Crippen LogP contribution in [-0.4, -0.2) is 32.9 Å². The topological polar surface area (TPSA) is 43.0 Å². The number of nitrogens with zero attached hydrogens (tertiary/aromatic N) is 1. The third-order valence-electron chi connectivity index (χ3n) is 5.57. The summed E-state index contributed by atoms with van der Waals surface area (Å²) in [6.45, 7) is 6.32. The van der Waals surface area contributed by atoms with Crippen LogP contribution in [0.4, 0.5) is 11.4 Å². The van der Waals surface area contributed by atoms with Gasteiger partial charge in [0.25, 0.3) is 0 Å². The van der Waals surface area contributed by atoms with Crippen molar-refractivity contribution in [1.82, 2.24) is 0 Å². The van der Waals surface area contributed by atoms with Crippen LogP contribution in [0.3, 0.4) is 0 Å². The highest BCUT2D eigenvalue weighted by Gasteiger charge is 2.15. The first-order chi connectivity index (χ1) is 16.9. The molecule has 9 heteroatoms. The van der Waals surface area contributed by atoms with Gasteiger partial charge in [-0.05, 0) is 54.4 Å². The van der Waals surface area contributed by atoms with E-state index in [4.69, 9.17) is 60.6 Å². The lowest BCUT2D eigenvalue weighted by molar-refractivity contribution is 0.122. The Morgan fingerprint density at radius 3 is 2.31 bits per heavy atom. The number of ether oxygens (including phenoxy) is 3. The molecule has 5 nitrogen and oxygen atoms in total. The second-order valence-corrected chi connectivity index (χ2v) is 9.61. The molecule has 35 heavy (non-hydrogen) atoms. The maximum atomic E-state index is 6.59. The lowest BCUT2D eigenvalue weighted by Gasteiger charge is -2.29. The largest absolute Gasteiger partial charge is 0.490 e. The molecule has 3 aromatic carbocycles. The van der Waals surface area contributed by atoms with Gasteiger partial charge in [-0.25, -0.2) is 0 Å². The number of anilines is 2. The SMILES string of the molecule is CCOc1cc(CNc2ccc(N3CCOCC3)c(Cl)c2)c(Cl)cc1OCc1ccc(Cl)c(Cl)c1. The summed E-state index contributed by atoms with van der Waals surface area (Å²) in [6.07, 6.45) is 0. The van der Waals surface area contributed by atoms with Crippen LogP contribution in [0.25, 0.3) is 0 Å². The van der Waals surface area contributed by atoms with Crippen LogP contribution in [0.15, 0.2) is 48.5 Å². The van der Waals surface area contributed by atoms with Gasteiger partial charge in [-0.15, -0.1) is 0 Å². The molecule has 1 N–H and O–H groups in total. The van der Waals surface area contributed by atoms with Gasteiger partial charge in [0, 0.05) is 36.4 Å². The maximum absolute atomic E-state index is 6.59. The van der Waals surface area contributed by atoms with Gasteiger partial charge < -0.3 is 24.4 Å². The second kappa shape index (κ2) is 12.3. The molecule has 0 saturated carbocycles. The van der Waals surface area contributed by atoms with Gasteiger partial charge in [-0.3, -0.25) is 0 Å². The molecule has 1 fully saturated rings. The van der Waals surface area contributed by atoms with Gasteiger partial charge >= 0.3 is 0 Å². The van der Waals surface area contributed by atoms with Gasteiger partial charge in [0.05, 0.1) is 40.6 Å². The average molecular weight is 556 g/mol. The van der Waals surface area contributed by atoms with Crippen molar-refractivity contribution in [1.29, 1.82) is 0 Å². The number of hydrogen-bond acceptors (Lipinski definition) is 5. The summed E-state index contributed by atoms with van der Waals surface area (Å²) in [7, 11) is 0. The minimum absolute atomic E-state index is 0.304. The molecule has 0 bridgehead atoms. The fraction of sp³-hybridized carbons (Fsp3) is 0.308. The predicted molar refractivity (Wildman–Crippen MR) is 145 cm³/mol. The monoisotopic (exact) mass is 554 g/mol. The number of hydrogen-bond donors (Lipinski definition) is 1. The lowest BCUT2D eigenvalue weighted by Crippen LogP contribution is -2.36. The van der Waals surface area contributed by atoms with Crippen molar-refractivity contribution in [3.05, 3.63) is 79.7 Å². The van der Waals surface area contributed by atoms with E-state index >= 15 is 0 Å². The van der Waals surface area contributed by atoms with Crippen molar-refractivity contribution in [3.63, 3.8) is 0 Å². The number of morpholine rings is 1. The number of nitrogens with one attached hydrogen (secondary N) is 1. The van der Waals surface area contributed by atoms with E-state index in [1.54, 1.807) is 18.2 Å². The van der Waals surface area contributed by atoms with Gasteiger partial charge in [0.1, 0.15) is 6.61 Å². The minimum atomic E-state index is 0.304. The van der Waals surface area contributed by atoms with Gasteiger partial charge in [0.15, 0.2) is 11.5 Å². The van der Waals surface area contributed by atoms with E-state index in [0.29, 0.717) is 64.6 Å². The summed E-state index contributed by atoms with van der Waals surface area (Å²) >= 11 is 25.3. The summed E-state index contributed by atoms with van der Waals surface area (Å²) in [5.74, 6) is 1.18. The number of halogens is 4. The van der Waals surface area contributed by atoms with E-state index in [2.05, 4.69) is 10.2 Å². The molecule has 186 valence electrons. The fourth-order valence-electron chi connectivity index (χ4n) is 3.76. The summed E-state index contributed by atoms with van der Waals surface area (Å²) < 4.78 is 17.2. The zero-order valence-corrected chi connectivity index (χ0v) is 22.3. The Kier molecular flexibility index (Phi) is 9.15. The quantitative estimate of drug-likeness (QED) is 0.292. The Balaban J connectivity index is 1.44. The molecule has 0 unspecified atom stereocenters. The Morgan fingerprint density at radius 2 is 1.60 bits per heavy atom. The summed E-state index contributed by atoms with van der Waals surface area (Å²) in [5.41, 5.74) is 3.69. The standard InChI is InChI=1S/C26H26Cl4N2O3/c1-2-34-25-12-18(21(28)14-26(25)35-16-17-3-5-20(27)22(29)11-17)15-31-19-4-6-24(23(30)13-19)32-7-9-33-10-8-32/h3-6,11-14,31H,2,7-10,15-16H2,1H3. The Labute approximate surface area is 225 Å². The smallest absolute Gasteiger partial charge is 0.163 e. The number of benzene rings is 3. The molecule has 0 atom stereocenters. The summed E-state index contributed by atoms with van der Waals surface area (Å²) in [6, 6.07) is 15.0. The van der Waals surface area contributed by atoms with Crippen LogP contribution in [0, 0.1) is 0 Å². The highest BCUT2D eigenvalue weighted by molar-refractivity contribution is 6.42. The van der Waals surface area contributed by atoms with E-state index < -0.39 is 0 Å². The van der Waals surface area contributed by atoms with Crippen molar-refractivity contribution < 1.29 is 14.2 Å². The van der Waals surface area contributed by atoms with Gasteiger partial charge in [-0.2, -0.15) is 0 Å². The molecule has 1 heterocycles. The van der Waals surface area contributed by atoms with Crippen LogP contribution in [0.1, 0.15) is 18.1 Å². The van der Waals surface area contributed by atoms with E-state index in [0.717, 1.165) is 35.6 Å². The van der Waals surface area contributed by atoms with Gasteiger partial charge in [0.2, 0.25) is 0 Å². The predicted octanol–water partition coefficient (Wildman–Crippen LogP) is 7.73. The fourth-order valence-corrected chi connectivity index (χ4v) is 4.60. The van der Waals surface area contributed by atoms with Crippen LogP contribution < -0.4 is 19.7 Å². The Morgan fingerprint density at radius 1 is 0.829 bits per heavy atom. The second-order valence-electron chi connectivity index (χ2n) is 7.98. The molecule has 4 rings (SSSR count). The van der Waals surface area contributed by atoms with E-state index in [9.17, 15) is 0 Å². The van der Waals surface area contributed by atoms with Crippen molar-refractivity contribution in [2.24, 2.45) is 0 Å². The molecule has 0 radical (unpaired) electrons. The zero-order valence-electron chi connectivity index (χ0n) is 19.3. The highest BCUT2D eigenvalue weighted by Crippen LogP contribution is 2.36. The van der Waals surface area contributed by atoms with Gasteiger partial charge in [-0.1, -0.05) is 52.5 Å². The highest BCUT2D eigenvalue weighted by atomic mass is 35.5. The Bertz CT molecular complexity index is 1170. The van der Waals surface area contributed by atoms with Crippen LogP contribution in [0.5, 0.6) is 11.5 Å². The van der Waals surface area contributed by atoms with Crippen LogP contribution >= 0.6 is 46.4 Å². The van der Waals surface area contributed by atoms with E-state index in [-0.39, 0.29) is 0 Å². The number of rotatable bonds is 9. The first kappa shape index (κ1) is 26.1. The third-order valence-corrected chi connectivity index (χ3v) is 6.97. The van der Waals surface area contributed by atoms with Crippen molar-refractivity contribution in [2.75, 3.05) is 43.1 Å². The maximum Gasteiger partial charge on any atom is 0.163 e. The van der Waals surface area contributed by atoms with E-state index in [1.165, 1.54) is 0 Å². The van der Waals surface area contributed by atoms with Crippen molar-refractivity contribution >= 4 is 57.8 Å². The average Bonchev–Trinajstić information content (AvgIpc) is 2.86. The molecule has 1 aliphatic rings. The van der Waals surface area contributed by atoms with E-state index in [1.807, 2.05) is 37.3 Å². The molecule has 1 saturated heterocycles. The van der Waals surface area contributed by atoms with Crippen LogP contribution in [0.2, 0.25) is 20.1 Å². The molecule has 0 amide bonds.